The van der Waals surface area contributed by atoms with Gasteiger partial charge in [-0.2, -0.15) is 0 Å². The maximum Gasteiger partial charge on any atom is 0.243 e. The molecular weight excluding hydrogens is 410 g/mol. The largest absolute Gasteiger partial charge is 0.361 e. The zero-order valence-corrected chi connectivity index (χ0v) is 17.5. The molecule has 0 radical (unpaired) electrons. The number of aromatic amines is 1. The molecule has 1 aliphatic rings. The Balaban J connectivity index is 1.30. The molecular formula is C25H22ClN3O2. The van der Waals surface area contributed by atoms with Gasteiger partial charge in [-0.1, -0.05) is 78.3 Å². The first-order valence-corrected chi connectivity index (χ1v) is 10.6. The van der Waals surface area contributed by atoms with Gasteiger partial charge in [0.25, 0.3) is 0 Å². The molecule has 1 unspecified atom stereocenters. The first-order valence-electron chi connectivity index (χ1n) is 10.2. The highest BCUT2D eigenvalue weighted by Gasteiger charge is 2.38. The number of rotatable bonds is 5. The number of aliphatic hydroxyl groups excluding tert-OH is 1. The van der Waals surface area contributed by atoms with Crippen molar-refractivity contribution in [1.29, 1.82) is 0 Å². The van der Waals surface area contributed by atoms with Gasteiger partial charge in [0, 0.05) is 18.1 Å². The van der Waals surface area contributed by atoms with Crippen molar-refractivity contribution in [2.24, 2.45) is 0 Å². The Bertz CT molecular complexity index is 1220. The number of carbonyl (C=O) groups excluding carboxylic acids is 1. The minimum Gasteiger partial charge on any atom is -0.361 e. The van der Waals surface area contributed by atoms with Gasteiger partial charge in [-0.05, 0) is 34.7 Å². The molecule has 31 heavy (non-hydrogen) atoms. The number of benzene rings is 3. The van der Waals surface area contributed by atoms with E-state index in [2.05, 4.69) is 22.4 Å². The lowest BCUT2D eigenvalue weighted by molar-refractivity contribution is -0.134. The van der Waals surface area contributed by atoms with Crippen molar-refractivity contribution in [3.63, 3.8) is 0 Å². The number of para-hydroxylation sites is 1. The predicted molar refractivity (Wildman–Crippen MR) is 122 cm³/mol. The number of amides is 1. The van der Waals surface area contributed by atoms with Crippen LogP contribution in [0.3, 0.4) is 0 Å². The maximum absolute atomic E-state index is 13.0. The quantitative estimate of drug-likeness (QED) is 0.441. The number of hydrogen-bond acceptors (Lipinski definition) is 3. The Kier molecular flexibility index (Phi) is 5.24. The monoisotopic (exact) mass is 431 g/mol. The molecule has 5 nitrogen and oxygen atoms in total. The standard InChI is InChI=1S/C25H22ClN3O2/c26-21-8-4-7-20-19(14-27-23(20)21)13-22-24(30)29(25(31)28-22)15-16-9-11-18(12-10-16)17-5-2-1-3-6-17/h1-12,14,22,25,27-28,31H,13,15H2/t22-,25?/m1/s1. The van der Waals surface area contributed by atoms with Gasteiger partial charge >= 0.3 is 0 Å². The number of H-pyrrole nitrogens is 1. The summed E-state index contributed by atoms with van der Waals surface area (Å²) in [5.41, 5.74) is 5.08. The smallest absolute Gasteiger partial charge is 0.243 e. The van der Waals surface area contributed by atoms with Crippen LogP contribution in [0.25, 0.3) is 22.0 Å². The SMILES string of the molecule is O=C1[C@@H](Cc2c[nH]c3c(Cl)cccc23)NC(O)N1Cc1ccc(-c2ccccc2)cc1. The highest BCUT2D eigenvalue weighted by Crippen LogP contribution is 2.27. The number of carbonyl (C=O) groups is 1. The Morgan fingerprint density at radius 1 is 0.935 bits per heavy atom. The molecule has 4 aromatic rings. The molecule has 6 heteroatoms. The summed E-state index contributed by atoms with van der Waals surface area (Å²) < 4.78 is 0. The lowest BCUT2D eigenvalue weighted by Gasteiger charge is -2.19. The van der Waals surface area contributed by atoms with Crippen LogP contribution in [0.1, 0.15) is 11.1 Å². The molecule has 5 rings (SSSR count). The summed E-state index contributed by atoms with van der Waals surface area (Å²) in [7, 11) is 0. The van der Waals surface area contributed by atoms with Gasteiger partial charge in [0.05, 0.1) is 16.6 Å². The van der Waals surface area contributed by atoms with Crippen molar-refractivity contribution in [3.05, 3.63) is 95.1 Å². The van der Waals surface area contributed by atoms with Crippen LogP contribution in [0.2, 0.25) is 5.02 Å². The summed E-state index contributed by atoms with van der Waals surface area (Å²) in [6.07, 6.45) is 1.34. The summed E-state index contributed by atoms with van der Waals surface area (Å²) in [4.78, 5) is 17.7. The third-order valence-electron chi connectivity index (χ3n) is 5.81. The van der Waals surface area contributed by atoms with E-state index in [0.29, 0.717) is 18.0 Å². The lowest BCUT2D eigenvalue weighted by atomic mass is 10.0. The Hall–Kier alpha value is -3.12. The van der Waals surface area contributed by atoms with E-state index in [9.17, 15) is 9.90 Å². The van der Waals surface area contributed by atoms with Gasteiger partial charge in [-0.3, -0.25) is 15.0 Å². The van der Waals surface area contributed by atoms with Crippen molar-refractivity contribution in [3.8, 4) is 11.1 Å². The Morgan fingerprint density at radius 2 is 1.68 bits per heavy atom. The molecule has 2 heterocycles. The molecule has 3 aromatic carbocycles. The summed E-state index contributed by atoms with van der Waals surface area (Å²) in [6.45, 7) is 0.346. The fourth-order valence-electron chi connectivity index (χ4n) is 4.17. The molecule has 0 aliphatic carbocycles. The van der Waals surface area contributed by atoms with Crippen molar-refractivity contribution in [2.45, 2.75) is 25.4 Å². The van der Waals surface area contributed by atoms with Crippen LogP contribution < -0.4 is 5.32 Å². The second-order valence-electron chi connectivity index (χ2n) is 7.80. The highest BCUT2D eigenvalue weighted by atomic mass is 35.5. The molecule has 156 valence electrons. The predicted octanol–water partition coefficient (Wildman–Crippen LogP) is 4.31. The topological polar surface area (TPSA) is 68.4 Å². The van der Waals surface area contributed by atoms with E-state index in [4.69, 9.17) is 11.6 Å². The van der Waals surface area contributed by atoms with Crippen LogP contribution in [0.4, 0.5) is 0 Å². The normalized spacial score (nSPS) is 18.8. The molecule has 2 atom stereocenters. The van der Waals surface area contributed by atoms with Crippen LogP contribution in [0.15, 0.2) is 79.0 Å². The van der Waals surface area contributed by atoms with Crippen molar-refractivity contribution >= 4 is 28.4 Å². The fourth-order valence-corrected chi connectivity index (χ4v) is 4.40. The lowest BCUT2D eigenvalue weighted by Crippen LogP contribution is -2.36. The first kappa shape index (κ1) is 19.8. The second kappa shape index (κ2) is 8.19. The number of fused-ring (bicyclic) bond motifs is 1. The van der Waals surface area contributed by atoms with E-state index >= 15 is 0 Å². The van der Waals surface area contributed by atoms with Gasteiger partial charge in [0.2, 0.25) is 5.91 Å². The van der Waals surface area contributed by atoms with Crippen molar-refractivity contribution in [2.75, 3.05) is 0 Å². The van der Waals surface area contributed by atoms with Crippen molar-refractivity contribution < 1.29 is 9.90 Å². The van der Waals surface area contributed by atoms with E-state index in [1.807, 2.05) is 66.9 Å². The molecule has 0 bridgehead atoms. The van der Waals surface area contributed by atoms with Crippen LogP contribution in [-0.2, 0) is 17.8 Å². The molecule has 1 saturated heterocycles. The summed E-state index contributed by atoms with van der Waals surface area (Å²) in [5, 5.41) is 15.1. The fraction of sp³-hybridized carbons (Fsp3) is 0.160. The molecule has 1 fully saturated rings. The second-order valence-corrected chi connectivity index (χ2v) is 8.21. The van der Waals surface area contributed by atoms with E-state index in [1.54, 1.807) is 0 Å². The van der Waals surface area contributed by atoms with E-state index in [-0.39, 0.29) is 5.91 Å². The van der Waals surface area contributed by atoms with E-state index in [0.717, 1.165) is 33.2 Å². The van der Waals surface area contributed by atoms with Crippen LogP contribution in [0, 0.1) is 0 Å². The Labute approximate surface area is 185 Å². The molecule has 1 amide bonds. The summed E-state index contributed by atoms with van der Waals surface area (Å²) in [6, 6.07) is 23.4. The minimum atomic E-state index is -1.01. The zero-order valence-electron chi connectivity index (χ0n) is 16.8. The molecule has 3 N–H and O–H groups in total. The van der Waals surface area contributed by atoms with Gasteiger partial charge in [0.15, 0.2) is 6.35 Å². The number of halogens is 1. The summed E-state index contributed by atoms with van der Waals surface area (Å²) >= 11 is 6.24. The van der Waals surface area contributed by atoms with Gasteiger partial charge in [-0.15, -0.1) is 0 Å². The first-order chi connectivity index (χ1) is 15.1. The molecule has 0 saturated carbocycles. The van der Waals surface area contributed by atoms with Gasteiger partial charge in [0.1, 0.15) is 0 Å². The average Bonchev–Trinajstić information content (AvgIpc) is 3.32. The van der Waals surface area contributed by atoms with Crippen molar-refractivity contribution in [1.82, 2.24) is 15.2 Å². The third-order valence-corrected chi connectivity index (χ3v) is 6.13. The number of aliphatic hydroxyl groups is 1. The maximum atomic E-state index is 13.0. The number of nitrogens with one attached hydrogen (secondary N) is 2. The average molecular weight is 432 g/mol. The number of nitrogens with zero attached hydrogens (tertiary/aromatic N) is 1. The minimum absolute atomic E-state index is 0.115. The molecule has 1 aromatic heterocycles. The van der Waals surface area contributed by atoms with Gasteiger partial charge in [-0.25, -0.2) is 0 Å². The highest BCUT2D eigenvalue weighted by molar-refractivity contribution is 6.35. The number of aromatic nitrogens is 1. The van der Waals surface area contributed by atoms with Crippen LogP contribution >= 0.6 is 11.6 Å². The molecule has 0 spiro atoms. The third kappa shape index (κ3) is 3.83. The zero-order chi connectivity index (χ0) is 21.4. The summed E-state index contributed by atoms with van der Waals surface area (Å²) in [5.74, 6) is -0.115. The number of hydrogen-bond donors (Lipinski definition) is 3. The van der Waals surface area contributed by atoms with E-state index in [1.165, 1.54) is 4.90 Å². The van der Waals surface area contributed by atoms with Crippen LogP contribution in [-0.4, -0.2) is 33.3 Å². The van der Waals surface area contributed by atoms with Crippen LogP contribution in [0.5, 0.6) is 0 Å². The Morgan fingerprint density at radius 3 is 2.45 bits per heavy atom. The van der Waals surface area contributed by atoms with Gasteiger partial charge < -0.3 is 10.1 Å². The molecule has 1 aliphatic heterocycles. The van der Waals surface area contributed by atoms with E-state index < -0.39 is 12.4 Å².